The Kier molecular flexibility index (Phi) is 2.70. The summed E-state index contributed by atoms with van der Waals surface area (Å²) in [5, 5.41) is 2.89. The molecule has 1 rings (SSSR count). The predicted octanol–water partition coefficient (Wildman–Crippen LogP) is 2.78. The highest BCUT2D eigenvalue weighted by Crippen LogP contribution is 2.20. The number of rotatable bonds is 1. The quantitative estimate of drug-likeness (QED) is 0.770. The molecule has 0 fully saturated rings. The van der Waals surface area contributed by atoms with Gasteiger partial charge in [0.1, 0.15) is 5.82 Å². The molecule has 0 bridgehead atoms. The third-order valence-corrected chi connectivity index (χ3v) is 2.69. The summed E-state index contributed by atoms with van der Waals surface area (Å²) in [5.41, 5.74) is 1.53. The molecule has 0 atom stereocenters. The van der Waals surface area contributed by atoms with Gasteiger partial charge in [-0.2, -0.15) is 0 Å². The molecule has 0 heterocycles. The van der Waals surface area contributed by atoms with Gasteiger partial charge in [-0.05, 0) is 47.2 Å². The standard InChI is InChI=1S/C8H9FIN/c1-5-7(9)3-6(11-2)4-8(5)10/h3-4,11H,1-2H3. The lowest BCUT2D eigenvalue weighted by atomic mass is 10.2. The van der Waals surface area contributed by atoms with Gasteiger partial charge in [-0.25, -0.2) is 4.39 Å². The summed E-state index contributed by atoms with van der Waals surface area (Å²) in [6.07, 6.45) is 0. The van der Waals surface area contributed by atoms with E-state index in [2.05, 4.69) is 27.9 Å². The zero-order valence-corrected chi connectivity index (χ0v) is 8.57. The summed E-state index contributed by atoms with van der Waals surface area (Å²) >= 11 is 2.12. The van der Waals surface area contributed by atoms with Crippen molar-refractivity contribution in [3.05, 3.63) is 27.1 Å². The highest BCUT2D eigenvalue weighted by Gasteiger charge is 2.02. The zero-order chi connectivity index (χ0) is 8.43. The van der Waals surface area contributed by atoms with Crippen LogP contribution >= 0.6 is 22.6 Å². The first-order valence-corrected chi connectivity index (χ1v) is 4.36. The first-order valence-electron chi connectivity index (χ1n) is 3.28. The van der Waals surface area contributed by atoms with Crippen LogP contribution in [0.3, 0.4) is 0 Å². The Hall–Kier alpha value is -0.320. The van der Waals surface area contributed by atoms with Gasteiger partial charge in [-0.15, -0.1) is 0 Å². The second-order valence-electron chi connectivity index (χ2n) is 2.31. The molecule has 0 aromatic heterocycles. The molecule has 0 saturated carbocycles. The monoisotopic (exact) mass is 265 g/mol. The average molecular weight is 265 g/mol. The van der Waals surface area contributed by atoms with E-state index in [1.165, 1.54) is 6.07 Å². The SMILES string of the molecule is CNc1cc(F)c(C)c(I)c1. The van der Waals surface area contributed by atoms with Gasteiger partial charge in [0.25, 0.3) is 0 Å². The summed E-state index contributed by atoms with van der Waals surface area (Å²) in [4.78, 5) is 0. The molecule has 0 saturated heterocycles. The summed E-state index contributed by atoms with van der Waals surface area (Å²) < 4.78 is 13.9. The van der Waals surface area contributed by atoms with E-state index in [0.717, 1.165) is 9.26 Å². The molecule has 0 spiro atoms. The van der Waals surface area contributed by atoms with Crippen LogP contribution in [-0.2, 0) is 0 Å². The summed E-state index contributed by atoms with van der Waals surface area (Å²) in [6, 6.07) is 3.41. The molecule has 60 valence electrons. The Morgan fingerprint density at radius 3 is 2.55 bits per heavy atom. The normalized spacial score (nSPS) is 9.82. The van der Waals surface area contributed by atoms with Gasteiger partial charge in [0.05, 0.1) is 0 Å². The van der Waals surface area contributed by atoms with E-state index < -0.39 is 0 Å². The van der Waals surface area contributed by atoms with Gasteiger partial charge in [-0.1, -0.05) is 0 Å². The lowest BCUT2D eigenvalue weighted by Crippen LogP contribution is -1.93. The predicted molar refractivity (Wildman–Crippen MR) is 53.4 cm³/mol. The average Bonchev–Trinajstić information content (AvgIpc) is 1.99. The van der Waals surface area contributed by atoms with Crippen LogP contribution in [0.5, 0.6) is 0 Å². The molecule has 11 heavy (non-hydrogen) atoms. The zero-order valence-electron chi connectivity index (χ0n) is 6.41. The van der Waals surface area contributed by atoms with Crippen LogP contribution in [0.4, 0.5) is 10.1 Å². The molecule has 1 aromatic carbocycles. The highest BCUT2D eigenvalue weighted by atomic mass is 127. The molecule has 3 heteroatoms. The molecule has 0 amide bonds. The molecule has 1 N–H and O–H groups in total. The first kappa shape index (κ1) is 8.77. The van der Waals surface area contributed by atoms with Crippen molar-refractivity contribution in [2.24, 2.45) is 0 Å². The summed E-state index contributed by atoms with van der Waals surface area (Å²) in [6.45, 7) is 1.77. The second-order valence-corrected chi connectivity index (χ2v) is 3.48. The summed E-state index contributed by atoms with van der Waals surface area (Å²) in [5.74, 6) is -0.152. The lowest BCUT2D eigenvalue weighted by Gasteiger charge is -2.04. The van der Waals surface area contributed by atoms with E-state index in [9.17, 15) is 4.39 Å². The Morgan fingerprint density at radius 2 is 2.09 bits per heavy atom. The molecular weight excluding hydrogens is 256 g/mol. The van der Waals surface area contributed by atoms with Crippen LogP contribution in [0.25, 0.3) is 0 Å². The van der Waals surface area contributed by atoms with Crippen molar-refractivity contribution >= 4 is 28.3 Å². The van der Waals surface area contributed by atoms with E-state index in [4.69, 9.17) is 0 Å². The fourth-order valence-corrected chi connectivity index (χ4v) is 1.38. The van der Waals surface area contributed by atoms with Crippen molar-refractivity contribution in [3.63, 3.8) is 0 Å². The van der Waals surface area contributed by atoms with Crippen molar-refractivity contribution < 1.29 is 4.39 Å². The molecular formula is C8H9FIN. The number of hydrogen-bond donors (Lipinski definition) is 1. The van der Waals surface area contributed by atoms with Gasteiger partial charge in [-0.3, -0.25) is 0 Å². The van der Waals surface area contributed by atoms with Crippen LogP contribution in [0, 0.1) is 16.3 Å². The van der Waals surface area contributed by atoms with E-state index in [0.29, 0.717) is 5.56 Å². The molecule has 0 radical (unpaired) electrons. The Labute approximate surface area is 79.1 Å². The third-order valence-electron chi connectivity index (χ3n) is 1.57. The Balaban J connectivity index is 3.21. The maximum Gasteiger partial charge on any atom is 0.129 e. The van der Waals surface area contributed by atoms with E-state index in [1.807, 2.05) is 6.07 Å². The van der Waals surface area contributed by atoms with Gasteiger partial charge in [0.2, 0.25) is 0 Å². The molecule has 0 aliphatic carbocycles. The smallest absolute Gasteiger partial charge is 0.129 e. The fraction of sp³-hybridized carbons (Fsp3) is 0.250. The number of hydrogen-bond acceptors (Lipinski definition) is 1. The topological polar surface area (TPSA) is 12.0 Å². The highest BCUT2D eigenvalue weighted by molar-refractivity contribution is 14.1. The minimum absolute atomic E-state index is 0.152. The van der Waals surface area contributed by atoms with Crippen LogP contribution in [0.1, 0.15) is 5.56 Å². The fourth-order valence-electron chi connectivity index (χ4n) is 0.790. The second kappa shape index (κ2) is 3.38. The number of benzene rings is 1. The molecule has 1 nitrogen and oxygen atoms in total. The van der Waals surface area contributed by atoms with Crippen molar-refractivity contribution in [1.29, 1.82) is 0 Å². The molecule has 0 aliphatic rings. The maximum atomic E-state index is 13.0. The number of halogens is 2. The van der Waals surface area contributed by atoms with Crippen LogP contribution in [0.15, 0.2) is 12.1 Å². The van der Waals surface area contributed by atoms with Gasteiger partial charge in [0.15, 0.2) is 0 Å². The van der Waals surface area contributed by atoms with Crippen LogP contribution in [-0.4, -0.2) is 7.05 Å². The molecule has 0 unspecified atom stereocenters. The molecule has 0 aliphatic heterocycles. The summed E-state index contributed by atoms with van der Waals surface area (Å²) in [7, 11) is 1.78. The van der Waals surface area contributed by atoms with Crippen molar-refractivity contribution in [3.8, 4) is 0 Å². The number of nitrogens with one attached hydrogen (secondary N) is 1. The van der Waals surface area contributed by atoms with E-state index >= 15 is 0 Å². The lowest BCUT2D eigenvalue weighted by molar-refractivity contribution is 0.618. The largest absolute Gasteiger partial charge is 0.388 e. The van der Waals surface area contributed by atoms with Crippen LogP contribution < -0.4 is 5.32 Å². The Morgan fingerprint density at radius 1 is 1.45 bits per heavy atom. The van der Waals surface area contributed by atoms with Crippen LogP contribution in [0.2, 0.25) is 0 Å². The van der Waals surface area contributed by atoms with Gasteiger partial charge >= 0.3 is 0 Å². The minimum atomic E-state index is -0.152. The number of anilines is 1. The maximum absolute atomic E-state index is 13.0. The molecule has 1 aromatic rings. The van der Waals surface area contributed by atoms with Crippen molar-refractivity contribution in [1.82, 2.24) is 0 Å². The third kappa shape index (κ3) is 1.83. The Bertz CT molecular complexity index is 250. The first-order chi connectivity index (χ1) is 5.15. The van der Waals surface area contributed by atoms with Gasteiger partial charge < -0.3 is 5.32 Å². The van der Waals surface area contributed by atoms with E-state index in [-0.39, 0.29) is 5.82 Å². The minimum Gasteiger partial charge on any atom is -0.388 e. The van der Waals surface area contributed by atoms with Crippen molar-refractivity contribution in [2.45, 2.75) is 6.92 Å². The van der Waals surface area contributed by atoms with Gasteiger partial charge in [0, 0.05) is 16.3 Å². The van der Waals surface area contributed by atoms with E-state index in [1.54, 1.807) is 14.0 Å². The van der Waals surface area contributed by atoms with Crippen molar-refractivity contribution in [2.75, 3.05) is 12.4 Å².